The first-order valence-electron chi connectivity index (χ1n) is 10.7. The Morgan fingerprint density at radius 2 is 1.09 bits per heavy atom. The summed E-state index contributed by atoms with van der Waals surface area (Å²) in [6.07, 6.45) is 0.747. The minimum absolute atomic E-state index is 0.0289. The van der Waals surface area contributed by atoms with Gasteiger partial charge >= 0.3 is 23.9 Å². The molecule has 0 aliphatic rings. The summed E-state index contributed by atoms with van der Waals surface area (Å²) < 4.78 is 21.5. The highest BCUT2D eigenvalue weighted by Gasteiger charge is 2.30. The molecule has 1 N–H and O–H groups in total. The second kappa shape index (κ2) is 16.5. The van der Waals surface area contributed by atoms with Gasteiger partial charge in [0.05, 0.1) is 50.4 Å². The fourth-order valence-corrected chi connectivity index (χ4v) is 7.00. The van der Waals surface area contributed by atoms with Gasteiger partial charge in [-0.2, -0.15) is 0 Å². The quantitative estimate of drug-likeness (QED) is 0.133. The van der Waals surface area contributed by atoms with Crippen molar-refractivity contribution in [3.05, 3.63) is 21.8 Å². The zero-order valence-corrected chi connectivity index (χ0v) is 25.9. The van der Waals surface area contributed by atoms with Gasteiger partial charge in [0, 0.05) is 23.3 Å². The van der Waals surface area contributed by atoms with E-state index in [0.29, 0.717) is 10.7 Å². The maximum Gasteiger partial charge on any atom is 0.340 e. The maximum absolute atomic E-state index is 12.9. The Morgan fingerprint density at radius 3 is 1.43 bits per heavy atom. The van der Waals surface area contributed by atoms with E-state index >= 15 is 0 Å². The fourth-order valence-electron chi connectivity index (χ4n) is 2.68. The van der Waals surface area contributed by atoms with Gasteiger partial charge in [-0.15, -0.1) is 0 Å². The molecule has 0 heterocycles. The third kappa shape index (κ3) is 10.3. The van der Waals surface area contributed by atoms with Crippen molar-refractivity contribution in [2.24, 2.45) is 0 Å². The SMILES string of the molecule is CCOC(=O)CCCOC(=O)c1c(I)c(NC(C)=O)c(I)c(C(=O)OCCCC(=O)OCC)c1I. The number of carbonyl (C=O) groups excluding carboxylic acids is 5. The summed E-state index contributed by atoms with van der Waals surface area (Å²) in [4.78, 5) is 60.5. The van der Waals surface area contributed by atoms with Crippen LogP contribution in [-0.2, 0) is 33.3 Å². The Morgan fingerprint density at radius 1 is 0.686 bits per heavy atom. The van der Waals surface area contributed by atoms with E-state index in [4.69, 9.17) is 18.9 Å². The zero-order valence-electron chi connectivity index (χ0n) is 19.5. The number of amides is 1. The van der Waals surface area contributed by atoms with Gasteiger partial charge in [0.1, 0.15) is 0 Å². The van der Waals surface area contributed by atoms with Gasteiger partial charge in [-0.3, -0.25) is 14.4 Å². The highest BCUT2D eigenvalue weighted by Crippen LogP contribution is 2.36. The average Bonchev–Trinajstić information content (AvgIpc) is 2.77. The van der Waals surface area contributed by atoms with Crippen LogP contribution in [0.4, 0.5) is 5.69 Å². The number of carbonyl (C=O) groups is 5. The number of benzene rings is 1. The van der Waals surface area contributed by atoms with Crippen LogP contribution in [0.2, 0.25) is 0 Å². The maximum atomic E-state index is 12.9. The van der Waals surface area contributed by atoms with E-state index in [9.17, 15) is 24.0 Å². The number of ether oxygens (including phenoxy) is 4. The molecule has 0 atom stereocenters. The molecule has 0 unspecified atom stereocenters. The Kier molecular flexibility index (Phi) is 15.0. The molecule has 0 aromatic heterocycles. The van der Waals surface area contributed by atoms with Crippen LogP contribution in [0.1, 0.15) is 67.2 Å². The number of rotatable bonds is 13. The molecule has 194 valence electrons. The minimum atomic E-state index is -0.706. The molecule has 0 bridgehead atoms. The van der Waals surface area contributed by atoms with E-state index in [2.05, 4.69) is 5.32 Å². The van der Waals surface area contributed by atoms with Gasteiger partial charge in [0.2, 0.25) is 5.91 Å². The van der Waals surface area contributed by atoms with E-state index in [1.807, 2.05) is 67.8 Å². The Hall–Kier alpha value is -1.24. The normalized spacial score (nSPS) is 10.3. The van der Waals surface area contributed by atoms with Gasteiger partial charge in [-0.05, 0) is 94.5 Å². The molecule has 0 aliphatic carbocycles. The van der Waals surface area contributed by atoms with Crippen LogP contribution >= 0.6 is 67.8 Å². The van der Waals surface area contributed by atoms with E-state index in [-0.39, 0.29) is 86.8 Å². The first-order chi connectivity index (χ1) is 16.5. The molecule has 1 rings (SSSR count). The molecule has 0 radical (unpaired) electrons. The second-order valence-electron chi connectivity index (χ2n) is 6.84. The summed E-state index contributed by atoms with van der Waals surface area (Å²) >= 11 is 5.69. The summed E-state index contributed by atoms with van der Waals surface area (Å²) in [6, 6.07) is 0. The van der Waals surface area contributed by atoms with E-state index < -0.39 is 11.9 Å². The molecule has 35 heavy (non-hydrogen) atoms. The predicted molar refractivity (Wildman–Crippen MR) is 151 cm³/mol. The Bertz CT molecular complexity index is 901. The molecule has 0 spiro atoms. The third-order valence-corrected chi connectivity index (χ3v) is 7.39. The van der Waals surface area contributed by atoms with Crippen LogP contribution in [0.25, 0.3) is 0 Å². The van der Waals surface area contributed by atoms with Crippen LogP contribution in [0.3, 0.4) is 0 Å². The number of anilines is 1. The third-order valence-electron chi connectivity index (χ3n) is 4.15. The summed E-state index contributed by atoms with van der Waals surface area (Å²) in [5.41, 5.74) is 0.492. The lowest BCUT2D eigenvalue weighted by Gasteiger charge is -2.18. The molecule has 0 aliphatic heterocycles. The monoisotopic (exact) mass is 829 g/mol. The lowest BCUT2D eigenvalue weighted by molar-refractivity contribution is -0.144. The average molecular weight is 829 g/mol. The van der Waals surface area contributed by atoms with Crippen molar-refractivity contribution in [3.63, 3.8) is 0 Å². The molecule has 0 saturated heterocycles. The summed E-state index contributed by atoms with van der Waals surface area (Å²) in [7, 11) is 0. The van der Waals surface area contributed by atoms with Crippen LogP contribution in [-0.4, -0.2) is 56.2 Å². The standard InChI is InChI=1S/C22H26I3NO9/c1-4-32-13(28)8-6-10-34-21(30)15-17(23)16(19(25)20(18(15)24)26-12(3)27)22(31)35-11-7-9-14(29)33-5-2/h4-11H2,1-3H3,(H,26,27). The number of hydrogen-bond acceptors (Lipinski definition) is 9. The first-order valence-corrected chi connectivity index (χ1v) is 13.9. The van der Waals surface area contributed by atoms with Crippen molar-refractivity contribution in [2.75, 3.05) is 31.7 Å². The number of halogens is 3. The van der Waals surface area contributed by atoms with Gasteiger partial charge in [-0.25, -0.2) is 9.59 Å². The fraction of sp³-hybridized carbons (Fsp3) is 0.500. The van der Waals surface area contributed by atoms with Gasteiger partial charge in [-0.1, -0.05) is 0 Å². The van der Waals surface area contributed by atoms with Crippen LogP contribution in [0, 0.1) is 10.7 Å². The smallest absolute Gasteiger partial charge is 0.340 e. The minimum Gasteiger partial charge on any atom is -0.466 e. The highest BCUT2D eigenvalue weighted by atomic mass is 127. The van der Waals surface area contributed by atoms with Crippen molar-refractivity contribution in [1.82, 2.24) is 0 Å². The van der Waals surface area contributed by atoms with E-state index in [0.717, 1.165) is 0 Å². The molecule has 13 heteroatoms. The van der Waals surface area contributed by atoms with Crippen LogP contribution < -0.4 is 5.32 Å². The van der Waals surface area contributed by atoms with Crippen molar-refractivity contribution in [2.45, 2.75) is 46.5 Å². The second-order valence-corrected chi connectivity index (χ2v) is 10.1. The Balaban J connectivity index is 3.11. The number of esters is 4. The topological polar surface area (TPSA) is 134 Å². The first kappa shape index (κ1) is 31.8. The van der Waals surface area contributed by atoms with Crippen molar-refractivity contribution < 1.29 is 42.9 Å². The summed E-state index contributed by atoms with van der Waals surface area (Å²) in [6.45, 7) is 5.20. The van der Waals surface area contributed by atoms with Crippen molar-refractivity contribution in [3.8, 4) is 0 Å². The van der Waals surface area contributed by atoms with Crippen molar-refractivity contribution in [1.29, 1.82) is 0 Å². The molecule has 10 nitrogen and oxygen atoms in total. The molecular formula is C22H26I3NO9. The lowest BCUT2D eigenvalue weighted by Crippen LogP contribution is -2.21. The molecule has 0 saturated carbocycles. The predicted octanol–water partition coefficient (Wildman–Crippen LogP) is 4.46. The van der Waals surface area contributed by atoms with Crippen molar-refractivity contribution >= 4 is 103 Å². The molecular weight excluding hydrogens is 803 g/mol. The van der Waals surface area contributed by atoms with E-state index in [1.165, 1.54) is 6.92 Å². The summed E-state index contributed by atoms with van der Waals surface area (Å²) in [5, 5.41) is 2.66. The molecule has 1 aromatic rings. The molecule has 1 amide bonds. The zero-order chi connectivity index (χ0) is 26.5. The largest absolute Gasteiger partial charge is 0.466 e. The Labute approximate surface area is 244 Å². The molecule has 1 aromatic carbocycles. The van der Waals surface area contributed by atoms with Crippen LogP contribution in [0.5, 0.6) is 0 Å². The van der Waals surface area contributed by atoms with Crippen LogP contribution in [0.15, 0.2) is 0 Å². The highest BCUT2D eigenvalue weighted by molar-refractivity contribution is 14.1. The number of nitrogens with one attached hydrogen (secondary N) is 1. The molecule has 0 fully saturated rings. The van der Waals surface area contributed by atoms with Gasteiger partial charge in [0.15, 0.2) is 0 Å². The van der Waals surface area contributed by atoms with Gasteiger partial charge in [0.25, 0.3) is 0 Å². The van der Waals surface area contributed by atoms with E-state index in [1.54, 1.807) is 13.8 Å². The van der Waals surface area contributed by atoms with Gasteiger partial charge < -0.3 is 24.3 Å². The number of hydrogen-bond donors (Lipinski definition) is 1. The lowest BCUT2D eigenvalue weighted by atomic mass is 10.1. The summed E-state index contributed by atoms with van der Waals surface area (Å²) in [5.74, 6) is -2.57.